The van der Waals surface area contributed by atoms with E-state index >= 15 is 0 Å². The molecule has 4 heteroatoms. The van der Waals surface area contributed by atoms with Crippen LogP contribution in [-0.2, 0) is 0 Å². The molecule has 1 aromatic carbocycles. The van der Waals surface area contributed by atoms with Crippen LogP contribution in [0.1, 0.15) is 37.6 Å². The Bertz CT molecular complexity index is 415. The maximum atomic E-state index is 12.1. The standard InChI is InChI=1S/C16H26N2O2/c1-5-18(4)15-8-6-13(7-9-15)16(20)17-14(11-19)10-12(2)3/h6-9,12,14,19H,5,10-11H2,1-4H3,(H,17,20). The summed E-state index contributed by atoms with van der Waals surface area (Å²) in [6.07, 6.45) is 0.777. The van der Waals surface area contributed by atoms with E-state index in [2.05, 4.69) is 31.0 Å². The summed E-state index contributed by atoms with van der Waals surface area (Å²) in [4.78, 5) is 14.2. The predicted octanol–water partition coefficient (Wildman–Crippen LogP) is 2.28. The van der Waals surface area contributed by atoms with Crippen molar-refractivity contribution in [3.63, 3.8) is 0 Å². The molecule has 1 atom stereocenters. The summed E-state index contributed by atoms with van der Waals surface area (Å²) in [5, 5.41) is 12.2. The number of rotatable bonds is 7. The van der Waals surface area contributed by atoms with Crippen molar-refractivity contribution in [2.24, 2.45) is 5.92 Å². The van der Waals surface area contributed by atoms with Crippen LogP contribution in [0.3, 0.4) is 0 Å². The Morgan fingerprint density at radius 3 is 2.35 bits per heavy atom. The predicted molar refractivity (Wildman–Crippen MR) is 83.2 cm³/mol. The first-order valence-electron chi connectivity index (χ1n) is 7.20. The van der Waals surface area contributed by atoms with E-state index in [1.807, 2.05) is 31.3 Å². The molecule has 0 bridgehead atoms. The zero-order valence-corrected chi connectivity index (χ0v) is 12.9. The summed E-state index contributed by atoms with van der Waals surface area (Å²) in [5.74, 6) is 0.309. The number of hydrogen-bond acceptors (Lipinski definition) is 3. The minimum Gasteiger partial charge on any atom is -0.394 e. The fraction of sp³-hybridized carbons (Fsp3) is 0.562. The van der Waals surface area contributed by atoms with E-state index in [-0.39, 0.29) is 18.6 Å². The van der Waals surface area contributed by atoms with Gasteiger partial charge < -0.3 is 15.3 Å². The molecule has 0 aliphatic carbocycles. The Hall–Kier alpha value is -1.55. The monoisotopic (exact) mass is 278 g/mol. The molecule has 1 unspecified atom stereocenters. The Morgan fingerprint density at radius 1 is 1.30 bits per heavy atom. The maximum Gasteiger partial charge on any atom is 0.251 e. The average molecular weight is 278 g/mol. The van der Waals surface area contributed by atoms with Crippen LogP contribution in [0.4, 0.5) is 5.69 Å². The van der Waals surface area contributed by atoms with Gasteiger partial charge in [0.1, 0.15) is 0 Å². The van der Waals surface area contributed by atoms with Crippen LogP contribution in [-0.4, -0.2) is 37.3 Å². The van der Waals surface area contributed by atoms with E-state index in [1.165, 1.54) is 0 Å². The van der Waals surface area contributed by atoms with Crippen molar-refractivity contribution in [3.05, 3.63) is 29.8 Å². The molecule has 0 aromatic heterocycles. The first-order valence-corrected chi connectivity index (χ1v) is 7.20. The Balaban J connectivity index is 2.67. The summed E-state index contributed by atoms with van der Waals surface area (Å²) in [7, 11) is 2.01. The number of amides is 1. The van der Waals surface area contributed by atoms with Crippen molar-refractivity contribution in [3.8, 4) is 0 Å². The van der Waals surface area contributed by atoms with Gasteiger partial charge in [-0.15, -0.1) is 0 Å². The molecule has 4 nitrogen and oxygen atoms in total. The molecule has 20 heavy (non-hydrogen) atoms. The Kier molecular flexibility index (Phi) is 6.52. The molecule has 1 aromatic rings. The van der Waals surface area contributed by atoms with E-state index in [0.29, 0.717) is 11.5 Å². The number of benzene rings is 1. The van der Waals surface area contributed by atoms with Crippen molar-refractivity contribution in [1.29, 1.82) is 0 Å². The van der Waals surface area contributed by atoms with E-state index < -0.39 is 0 Å². The number of nitrogens with one attached hydrogen (secondary N) is 1. The van der Waals surface area contributed by atoms with Crippen molar-refractivity contribution < 1.29 is 9.90 Å². The molecule has 0 heterocycles. The Labute approximate surface area is 121 Å². The van der Waals surface area contributed by atoms with Crippen molar-refractivity contribution in [1.82, 2.24) is 5.32 Å². The summed E-state index contributed by atoms with van der Waals surface area (Å²) < 4.78 is 0. The van der Waals surface area contributed by atoms with Crippen LogP contribution in [0.5, 0.6) is 0 Å². The van der Waals surface area contributed by atoms with Gasteiger partial charge in [-0.25, -0.2) is 0 Å². The van der Waals surface area contributed by atoms with Crippen LogP contribution in [0.15, 0.2) is 24.3 Å². The van der Waals surface area contributed by atoms with Gasteiger partial charge in [-0.1, -0.05) is 13.8 Å². The first-order chi connectivity index (χ1) is 9.47. The number of carbonyl (C=O) groups excluding carboxylic acids is 1. The van der Waals surface area contributed by atoms with Crippen molar-refractivity contribution in [2.45, 2.75) is 33.2 Å². The van der Waals surface area contributed by atoms with E-state index in [0.717, 1.165) is 18.7 Å². The average Bonchev–Trinajstić information content (AvgIpc) is 2.45. The van der Waals surface area contributed by atoms with Crippen molar-refractivity contribution >= 4 is 11.6 Å². The number of anilines is 1. The summed E-state index contributed by atoms with van der Waals surface area (Å²) >= 11 is 0. The molecule has 0 saturated heterocycles. The summed E-state index contributed by atoms with van der Waals surface area (Å²) in [6.45, 7) is 7.12. The second-order valence-electron chi connectivity index (χ2n) is 5.54. The van der Waals surface area contributed by atoms with Crippen LogP contribution >= 0.6 is 0 Å². The van der Waals surface area contributed by atoms with Gasteiger partial charge in [-0.3, -0.25) is 4.79 Å². The topological polar surface area (TPSA) is 52.6 Å². The quantitative estimate of drug-likeness (QED) is 0.804. The molecule has 112 valence electrons. The first kappa shape index (κ1) is 16.5. The smallest absolute Gasteiger partial charge is 0.251 e. The molecule has 2 N–H and O–H groups in total. The molecular formula is C16H26N2O2. The third-order valence-corrected chi connectivity index (χ3v) is 3.36. The second kappa shape index (κ2) is 7.90. The molecule has 0 spiro atoms. The van der Waals surface area contributed by atoms with Crippen LogP contribution in [0.2, 0.25) is 0 Å². The SMILES string of the molecule is CCN(C)c1ccc(C(=O)NC(CO)CC(C)C)cc1. The molecular weight excluding hydrogens is 252 g/mol. The number of hydrogen-bond donors (Lipinski definition) is 2. The van der Waals surface area contributed by atoms with Gasteiger partial charge in [0.05, 0.1) is 12.6 Å². The largest absolute Gasteiger partial charge is 0.394 e. The molecule has 0 fully saturated rings. The van der Waals surface area contributed by atoms with Crippen LogP contribution < -0.4 is 10.2 Å². The molecule has 0 saturated carbocycles. The van der Waals surface area contributed by atoms with Crippen molar-refractivity contribution in [2.75, 3.05) is 25.1 Å². The molecule has 0 aliphatic rings. The lowest BCUT2D eigenvalue weighted by Crippen LogP contribution is -2.38. The van der Waals surface area contributed by atoms with Gasteiger partial charge in [-0.05, 0) is 43.5 Å². The minimum absolute atomic E-state index is 0.0272. The highest BCUT2D eigenvalue weighted by atomic mass is 16.3. The summed E-state index contributed by atoms with van der Waals surface area (Å²) in [5.41, 5.74) is 1.71. The van der Waals surface area contributed by atoms with Gasteiger partial charge in [-0.2, -0.15) is 0 Å². The van der Waals surface area contributed by atoms with Gasteiger partial charge >= 0.3 is 0 Å². The van der Waals surface area contributed by atoms with Gasteiger partial charge in [0.2, 0.25) is 0 Å². The number of aliphatic hydroxyl groups excluding tert-OH is 1. The third-order valence-electron chi connectivity index (χ3n) is 3.36. The lowest BCUT2D eigenvalue weighted by atomic mass is 10.0. The lowest BCUT2D eigenvalue weighted by Gasteiger charge is -2.19. The zero-order valence-electron chi connectivity index (χ0n) is 12.9. The van der Waals surface area contributed by atoms with Gasteiger partial charge in [0, 0.05) is 24.8 Å². The number of aliphatic hydroxyl groups is 1. The highest BCUT2D eigenvalue weighted by molar-refractivity contribution is 5.94. The van der Waals surface area contributed by atoms with Gasteiger partial charge in [0.15, 0.2) is 0 Å². The highest BCUT2D eigenvalue weighted by Gasteiger charge is 2.14. The molecule has 0 aliphatic heterocycles. The van der Waals surface area contributed by atoms with Crippen LogP contribution in [0.25, 0.3) is 0 Å². The fourth-order valence-corrected chi connectivity index (χ4v) is 2.07. The minimum atomic E-state index is -0.180. The van der Waals surface area contributed by atoms with Gasteiger partial charge in [0.25, 0.3) is 5.91 Å². The third kappa shape index (κ3) is 4.85. The number of carbonyl (C=O) groups is 1. The molecule has 1 rings (SSSR count). The van der Waals surface area contributed by atoms with E-state index in [9.17, 15) is 9.90 Å². The lowest BCUT2D eigenvalue weighted by molar-refractivity contribution is 0.0908. The van der Waals surface area contributed by atoms with E-state index in [1.54, 1.807) is 0 Å². The Morgan fingerprint density at radius 2 is 1.90 bits per heavy atom. The summed E-state index contributed by atoms with van der Waals surface area (Å²) in [6, 6.07) is 7.34. The van der Waals surface area contributed by atoms with Crippen LogP contribution in [0, 0.1) is 5.92 Å². The number of nitrogens with zero attached hydrogens (tertiary/aromatic N) is 1. The second-order valence-corrected chi connectivity index (χ2v) is 5.54. The normalized spacial score (nSPS) is 12.3. The highest BCUT2D eigenvalue weighted by Crippen LogP contribution is 2.14. The molecule has 0 radical (unpaired) electrons. The molecule has 1 amide bonds. The fourth-order valence-electron chi connectivity index (χ4n) is 2.07. The maximum absolute atomic E-state index is 12.1. The zero-order chi connectivity index (χ0) is 15.1. The van der Waals surface area contributed by atoms with E-state index in [4.69, 9.17) is 0 Å².